The SMILES string of the molecule is CCn1cnnc1CCNCc1cccs1. The summed E-state index contributed by atoms with van der Waals surface area (Å²) in [5, 5.41) is 13.5. The van der Waals surface area contributed by atoms with Crippen LogP contribution in [-0.2, 0) is 19.5 Å². The summed E-state index contributed by atoms with van der Waals surface area (Å²) in [6, 6.07) is 4.22. The van der Waals surface area contributed by atoms with Crippen LogP contribution in [0.1, 0.15) is 17.6 Å². The molecule has 2 rings (SSSR count). The first-order valence-electron chi connectivity index (χ1n) is 5.50. The number of nitrogens with zero attached hydrogens (tertiary/aromatic N) is 3. The van der Waals surface area contributed by atoms with E-state index < -0.39 is 0 Å². The second-order valence-electron chi connectivity index (χ2n) is 3.54. The molecule has 4 nitrogen and oxygen atoms in total. The maximum Gasteiger partial charge on any atom is 0.134 e. The van der Waals surface area contributed by atoms with Gasteiger partial charge in [-0.1, -0.05) is 6.07 Å². The van der Waals surface area contributed by atoms with Crippen molar-refractivity contribution in [2.45, 2.75) is 26.4 Å². The standard InChI is InChI=1S/C11H16N4S/c1-2-15-9-13-14-11(15)5-6-12-8-10-4-3-7-16-10/h3-4,7,9,12H,2,5-6,8H2,1H3. The van der Waals surface area contributed by atoms with Crippen molar-refractivity contribution >= 4 is 11.3 Å². The van der Waals surface area contributed by atoms with E-state index in [1.807, 2.05) is 0 Å². The van der Waals surface area contributed by atoms with Gasteiger partial charge in [-0.05, 0) is 18.4 Å². The molecule has 0 aromatic carbocycles. The van der Waals surface area contributed by atoms with Gasteiger partial charge < -0.3 is 9.88 Å². The normalized spacial score (nSPS) is 10.8. The quantitative estimate of drug-likeness (QED) is 0.776. The van der Waals surface area contributed by atoms with Crippen molar-refractivity contribution in [2.75, 3.05) is 6.54 Å². The molecule has 0 fully saturated rings. The average molecular weight is 236 g/mol. The van der Waals surface area contributed by atoms with E-state index in [-0.39, 0.29) is 0 Å². The zero-order valence-corrected chi connectivity index (χ0v) is 10.2. The topological polar surface area (TPSA) is 42.7 Å². The highest BCUT2D eigenvalue weighted by Gasteiger charge is 2.01. The Labute approximate surface area is 99.3 Å². The fourth-order valence-corrected chi connectivity index (χ4v) is 2.24. The maximum atomic E-state index is 4.10. The summed E-state index contributed by atoms with van der Waals surface area (Å²) in [5.74, 6) is 1.06. The van der Waals surface area contributed by atoms with Crippen molar-refractivity contribution in [3.05, 3.63) is 34.5 Å². The van der Waals surface area contributed by atoms with E-state index >= 15 is 0 Å². The van der Waals surface area contributed by atoms with Crippen molar-refractivity contribution in [1.29, 1.82) is 0 Å². The second-order valence-corrected chi connectivity index (χ2v) is 4.57. The van der Waals surface area contributed by atoms with Crippen molar-refractivity contribution in [3.63, 3.8) is 0 Å². The van der Waals surface area contributed by atoms with E-state index in [0.29, 0.717) is 0 Å². The number of thiophene rings is 1. The third-order valence-electron chi connectivity index (χ3n) is 2.44. The fraction of sp³-hybridized carbons (Fsp3) is 0.455. The smallest absolute Gasteiger partial charge is 0.134 e. The van der Waals surface area contributed by atoms with E-state index in [1.54, 1.807) is 17.7 Å². The predicted molar refractivity (Wildman–Crippen MR) is 65.4 cm³/mol. The van der Waals surface area contributed by atoms with Gasteiger partial charge in [-0.15, -0.1) is 21.5 Å². The molecular formula is C11H16N4S. The lowest BCUT2D eigenvalue weighted by atomic mass is 10.4. The summed E-state index contributed by atoms with van der Waals surface area (Å²) >= 11 is 1.78. The molecule has 0 saturated carbocycles. The summed E-state index contributed by atoms with van der Waals surface area (Å²) in [4.78, 5) is 1.37. The molecule has 0 aliphatic carbocycles. The predicted octanol–water partition coefficient (Wildman–Crippen LogP) is 1.69. The highest BCUT2D eigenvalue weighted by molar-refractivity contribution is 7.09. The summed E-state index contributed by atoms with van der Waals surface area (Å²) in [6.45, 7) is 4.92. The number of hydrogen-bond acceptors (Lipinski definition) is 4. The minimum atomic E-state index is 0.930. The summed E-state index contributed by atoms with van der Waals surface area (Å²) < 4.78 is 2.08. The van der Waals surface area contributed by atoms with Crippen molar-refractivity contribution < 1.29 is 0 Å². The first-order chi connectivity index (χ1) is 7.90. The van der Waals surface area contributed by atoms with E-state index in [4.69, 9.17) is 0 Å². The van der Waals surface area contributed by atoms with E-state index in [9.17, 15) is 0 Å². The minimum absolute atomic E-state index is 0.930. The van der Waals surface area contributed by atoms with Gasteiger partial charge in [0.1, 0.15) is 12.2 Å². The molecule has 1 N–H and O–H groups in total. The second kappa shape index (κ2) is 5.77. The number of nitrogens with one attached hydrogen (secondary N) is 1. The Kier molecular flexibility index (Phi) is 4.07. The first kappa shape index (κ1) is 11.3. The van der Waals surface area contributed by atoms with Gasteiger partial charge >= 0.3 is 0 Å². The van der Waals surface area contributed by atoms with Crippen molar-refractivity contribution in [3.8, 4) is 0 Å². The molecule has 0 amide bonds. The molecule has 86 valence electrons. The van der Waals surface area contributed by atoms with Crippen LogP contribution >= 0.6 is 11.3 Å². The van der Waals surface area contributed by atoms with Gasteiger partial charge in [0.15, 0.2) is 0 Å². The van der Waals surface area contributed by atoms with Crippen LogP contribution in [0.15, 0.2) is 23.8 Å². The van der Waals surface area contributed by atoms with Crippen LogP contribution in [0.2, 0.25) is 0 Å². The molecule has 2 aromatic rings. The van der Waals surface area contributed by atoms with Crippen LogP contribution in [0, 0.1) is 0 Å². The van der Waals surface area contributed by atoms with Gasteiger partial charge in [0.05, 0.1) is 0 Å². The Hall–Kier alpha value is -1.20. The highest BCUT2D eigenvalue weighted by Crippen LogP contribution is 2.07. The third kappa shape index (κ3) is 2.90. The monoisotopic (exact) mass is 236 g/mol. The summed E-state index contributed by atoms with van der Waals surface area (Å²) in [7, 11) is 0. The minimum Gasteiger partial charge on any atom is -0.318 e. The average Bonchev–Trinajstić information content (AvgIpc) is 2.95. The largest absolute Gasteiger partial charge is 0.318 e. The van der Waals surface area contributed by atoms with Crippen LogP contribution in [0.4, 0.5) is 0 Å². The van der Waals surface area contributed by atoms with E-state index in [0.717, 1.165) is 31.9 Å². The lowest BCUT2D eigenvalue weighted by Gasteiger charge is -2.04. The fourth-order valence-electron chi connectivity index (χ4n) is 1.56. The van der Waals surface area contributed by atoms with Gasteiger partial charge in [-0.2, -0.15) is 0 Å². The van der Waals surface area contributed by atoms with Crippen LogP contribution in [0.25, 0.3) is 0 Å². The van der Waals surface area contributed by atoms with Crippen molar-refractivity contribution in [2.24, 2.45) is 0 Å². The Morgan fingerprint density at radius 3 is 3.19 bits per heavy atom. The molecule has 0 spiro atoms. The number of aryl methyl sites for hydroxylation is 1. The van der Waals surface area contributed by atoms with Gasteiger partial charge in [-0.3, -0.25) is 0 Å². The van der Waals surface area contributed by atoms with E-state index in [1.165, 1.54) is 4.88 Å². The van der Waals surface area contributed by atoms with Gasteiger partial charge in [0, 0.05) is 30.9 Å². The van der Waals surface area contributed by atoms with Crippen molar-refractivity contribution in [1.82, 2.24) is 20.1 Å². The first-order valence-corrected chi connectivity index (χ1v) is 6.38. The molecule has 5 heteroatoms. The van der Waals surface area contributed by atoms with Gasteiger partial charge in [-0.25, -0.2) is 0 Å². The molecule has 0 saturated heterocycles. The lowest BCUT2D eigenvalue weighted by molar-refractivity contribution is 0.635. The van der Waals surface area contributed by atoms with Gasteiger partial charge in [0.2, 0.25) is 0 Å². The third-order valence-corrected chi connectivity index (χ3v) is 3.32. The Morgan fingerprint density at radius 2 is 2.44 bits per heavy atom. The molecule has 16 heavy (non-hydrogen) atoms. The molecule has 0 aliphatic rings. The van der Waals surface area contributed by atoms with Gasteiger partial charge in [0.25, 0.3) is 0 Å². The van der Waals surface area contributed by atoms with Crippen LogP contribution in [-0.4, -0.2) is 21.3 Å². The zero-order valence-electron chi connectivity index (χ0n) is 9.39. The molecule has 0 radical (unpaired) electrons. The lowest BCUT2D eigenvalue weighted by Crippen LogP contribution is -2.17. The number of rotatable bonds is 6. The maximum absolute atomic E-state index is 4.10. The molecule has 2 heterocycles. The zero-order chi connectivity index (χ0) is 11.2. The van der Waals surface area contributed by atoms with Crippen LogP contribution < -0.4 is 5.32 Å². The van der Waals surface area contributed by atoms with Crippen LogP contribution in [0.3, 0.4) is 0 Å². The molecular weight excluding hydrogens is 220 g/mol. The Morgan fingerprint density at radius 1 is 1.50 bits per heavy atom. The number of aromatic nitrogens is 3. The molecule has 0 unspecified atom stereocenters. The Bertz CT molecular complexity index is 407. The summed E-state index contributed by atoms with van der Waals surface area (Å²) in [5.41, 5.74) is 0. The Balaban J connectivity index is 1.72. The molecule has 0 atom stereocenters. The molecule has 0 bridgehead atoms. The number of hydrogen-bond donors (Lipinski definition) is 1. The summed E-state index contributed by atoms with van der Waals surface area (Å²) in [6.07, 6.45) is 2.72. The molecule has 2 aromatic heterocycles. The van der Waals surface area contributed by atoms with Crippen LogP contribution in [0.5, 0.6) is 0 Å². The highest BCUT2D eigenvalue weighted by atomic mass is 32.1. The van der Waals surface area contributed by atoms with E-state index in [2.05, 4.69) is 44.5 Å². The molecule has 0 aliphatic heterocycles.